The van der Waals surface area contributed by atoms with Gasteiger partial charge in [0.1, 0.15) is 0 Å². The van der Waals surface area contributed by atoms with Crippen molar-refractivity contribution < 1.29 is 0 Å². The summed E-state index contributed by atoms with van der Waals surface area (Å²) in [6.07, 6.45) is 5.72. The Morgan fingerprint density at radius 2 is 2.07 bits per heavy atom. The molecule has 1 aliphatic heterocycles. The number of hydrogen-bond acceptors (Lipinski definition) is 2. The third kappa shape index (κ3) is 3.13. The van der Waals surface area contributed by atoms with Crippen molar-refractivity contribution in [1.82, 2.24) is 5.32 Å². The first kappa shape index (κ1) is 11.8. The van der Waals surface area contributed by atoms with Crippen molar-refractivity contribution in [3.8, 4) is 0 Å². The zero-order valence-electron chi connectivity index (χ0n) is 10.2. The maximum Gasteiger partial charge on any atom is 0.00953 e. The Hall–Kier alpha value is 0.310. The molecule has 0 amide bonds. The Morgan fingerprint density at radius 3 is 2.80 bits per heavy atom. The van der Waals surface area contributed by atoms with Crippen molar-refractivity contribution >= 4 is 11.8 Å². The van der Waals surface area contributed by atoms with Crippen LogP contribution >= 0.6 is 11.8 Å². The fourth-order valence-corrected chi connectivity index (χ4v) is 4.22. The first-order chi connectivity index (χ1) is 7.27. The fourth-order valence-electron chi connectivity index (χ4n) is 2.93. The highest BCUT2D eigenvalue weighted by Gasteiger charge is 2.27. The molecule has 0 radical (unpaired) electrons. The van der Waals surface area contributed by atoms with Gasteiger partial charge >= 0.3 is 0 Å². The van der Waals surface area contributed by atoms with Crippen LogP contribution in [0.3, 0.4) is 0 Å². The summed E-state index contributed by atoms with van der Waals surface area (Å²) in [7, 11) is 0. The Balaban J connectivity index is 1.72. The van der Waals surface area contributed by atoms with Gasteiger partial charge in [0.2, 0.25) is 0 Å². The van der Waals surface area contributed by atoms with Crippen LogP contribution in [-0.4, -0.2) is 24.1 Å². The van der Waals surface area contributed by atoms with E-state index < -0.39 is 0 Å². The summed E-state index contributed by atoms with van der Waals surface area (Å²) >= 11 is 2.13. The van der Waals surface area contributed by atoms with Gasteiger partial charge in [-0.3, -0.25) is 0 Å². The van der Waals surface area contributed by atoms with Gasteiger partial charge in [-0.05, 0) is 48.6 Å². The second kappa shape index (κ2) is 5.58. The van der Waals surface area contributed by atoms with E-state index in [1.54, 1.807) is 0 Å². The summed E-state index contributed by atoms with van der Waals surface area (Å²) < 4.78 is 0. The minimum atomic E-state index is 0.805. The Labute approximate surface area is 98.8 Å². The Kier molecular flexibility index (Phi) is 4.39. The third-order valence-electron chi connectivity index (χ3n) is 4.40. The van der Waals surface area contributed by atoms with Gasteiger partial charge in [-0.1, -0.05) is 26.7 Å². The van der Waals surface area contributed by atoms with Crippen LogP contribution in [0, 0.1) is 17.8 Å². The molecule has 1 nitrogen and oxygen atoms in total. The number of hydrogen-bond donors (Lipinski definition) is 1. The van der Waals surface area contributed by atoms with E-state index in [-0.39, 0.29) is 0 Å². The predicted molar refractivity (Wildman–Crippen MR) is 69.4 cm³/mol. The summed E-state index contributed by atoms with van der Waals surface area (Å²) in [6.45, 7) is 6.13. The zero-order valence-corrected chi connectivity index (χ0v) is 11.0. The highest BCUT2D eigenvalue weighted by Crippen LogP contribution is 2.30. The fraction of sp³-hybridized carbons (Fsp3) is 1.00. The van der Waals surface area contributed by atoms with Gasteiger partial charge < -0.3 is 5.32 Å². The van der Waals surface area contributed by atoms with Crippen molar-refractivity contribution in [2.45, 2.75) is 45.6 Å². The molecule has 88 valence electrons. The molecule has 1 heterocycles. The molecule has 4 atom stereocenters. The second-order valence-corrected chi connectivity index (χ2v) is 6.66. The smallest absolute Gasteiger partial charge is 0.00953 e. The van der Waals surface area contributed by atoms with Gasteiger partial charge in [-0.25, -0.2) is 0 Å². The summed E-state index contributed by atoms with van der Waals surface area (Å²) in [6, 6.07) is 0.805. The molecule has 1 saturated heterocycles. The van der Waals surface area contributed by atoms with Gasteiger partial charge in [-0.2, -0.15) is 11.8 Å². The maximum atomic E-state index is 3.83. The van der Waals surface area contributed by atoms with E-state index >= 15 is 0 Å². The summed E-state index contributed by atoms with van der Waals surface area (Å²) in [5.41, 5.74) is 0. The largest absolute Gasteiger partial charge is 0.313 e. The van der Waals surface area contributed by atoms with Gasteiger partial charge in [0, 0.05) is 6.04 Å². The Morgan fingerprint density at radius 1 is 1.20 bits per heavy atom. The molecular weight excluding hydrogens is 202 g/mol. The molecule has 0 aromatic carbocycles. The van der Waals surface area contributed by atoms with Gasteiger partial charge in [0.25, 0.3) is 0 Å². The standard InChI is InChI=1S/C13H25NS/c1-10-4-3-5-13(11(10)2)14-8-12-6-7-15-9-12/h10-14H,3-9H2,1-2H3. The SMILES string of the molecule is CC1CCCC(NCC2CCSC2)C1C. The van der Waals surface area contributed by atoms with E-state index in [4.69, 9.17) is 0 Å². The molecule has 2 fully saturated rings. The quantitative estimate of drug-likeness (QED) is 0.795. The minimum Gasteiger partial charge on any atom is -0.313 e. The molecule has 1 N–H and O–H groups in total. The van der Waals surface area contributed by atoms with E-state index in [0.29, 0.717) is 0 Å². The number of rotatable bonds is 3. The van der Waals surface area contributed by atoms with Crippen LogP contribution in [0.5, 0.6) is 0 Å². The first-order valence-corrected chi connectivity index (χ1v) is 7.74. The second-order valence-electron chi connectivity index (χ2n) is 5.51. The lowest BCUT2D eigenvalue weighted by atomic mass is 9.78. The van der Waals surface area contributed by atoms with Crippen molar-refractivity contribution in [3.05, 3.63) is 0 Å². The first-order valence-electron chi connectivity index (χ1n) is 6.58. The third-order valence-corrected chi connectivity index (χ3v) is 5.63. The number of nitrogens with one attached hydrogen (secondary N) is 1. The van der Waals surface area contributed by atoms with Crippen molar-refractivity contribution in [3.63, 3.8) is 0 Å². The Bertz CT molecular complexity index is 189. The highest BCUT2D eigenvalue weighted by atomic mass is 32.2. The summed E-state index contributed by atoms with van der Waals surface area (Å²) in [5.74, 6) is 5.55. The molecular formula is C13H25NS. The average molecular weight is 227 g/mol. The van der Waals surface area contributed by atoms with Crippen molar-refractivity contribution in [2.24, 2.45) is 17.8 Å². The van der Waals surface area contributed by atoms with Crippen LogP contribution in [0.15, 0.2) is 0 Å². The molecule has 2 rings (SSSR count). The van der Waals surface area contributed by atoms with Gasteiger partial charge in [0.15, 0.2) is 0 Å². The van der Waals surface area contributed by atoms with Gasteiger partial charge in [-0.15, -0.1) is 0 Å². The molecule has 2 aliphatic rings. The zero-order chi connectivity index (χ0) is 10.7. The minimum absolute atomic E-state index is 0.805. The van der Waals surface area contributed by atoms with Crippen LogP contribution in [0.2, 0.25) is 0 Å². The average Bonchev–Trinajstić information content (AvgIpc) is 2.73. The van der Waals surface area contributed by atoms with Crippen LogP contribution in [0.25, 0.3) is 0 Å². The van der Waals surface area contributed by atoms with E-state index in [2.05, 4.69) is 30.9 Å². The summed E-state index contributed by atoms with van der Waals surface area (Å²) in [4.78, 5) is 0. The molecule has 0 aromatic rings. The van der Waals surface area contributed by atoms with Crippen molar-refractivity contribution in [1.29, 1.82) is 0 Å². The predicted octanol–water partition coefficient (Wildman–Crippen LogP) is 3.15. The van der Waals surface area contributed by atoms with Gasteiger partial charge in [0.05, 0.1) is 0 Å². The topological polar surface area (TPSA) is 12.0 Å². The maximum absolute atomic E-state index is 3.83. The molecule has 0 spiro atoms. The molecule has 2 heteroatoms. The lowest BCUT2D eigenvalue weighted by Crippen LogP contribution is -2.42. The monoisotopic (exact) mass is 227 g/mol. The molecule has 0 aromatic heterocycles. The van der Waals surface area contributed by atoms with E-state index in [1.807, 2.05) is 0 Å². The van der Waals surface area contributed by atoms with Crippen LogP contribution in [0.4, 0.5) is 0 Å². The molecule has 4 unspecified atom stereocenters. The molecule has 1 aliphatic carbocycles. The highest BCUT2D eigenvalue weighted by molar-refractivity contribution is 7.99. The molecule has 0 bridgehead atoms. The van der Waals surface area contributed by atoms with Crippen LogP contribution in [-0.2, 0) is 0 Å². The summed E-state index contributed by atoms with van der Waals surface area (Å²) in [5, 5.41) is 3.83. The molecule has 1 saturated carbocycles. The van der Waals surface area contributed by atoms with E-state index in [0.717, 1.165) is 23.8 Å². The normalized spacial score (nSPS) is 42.0. The van der Waals surface area contributed by atoms with E-state index in [1.165, 1.54) is 43.7 Å². The lowest BCUT2D eigenvalue weighted by Gasteiger charge is -2.35. The van der Waals surface area contributed by atoms with Crippen LogP contribution in [0.1, 0.15) is 39.5 Å². The van der Waals surface area contributed by atoms with E-state index in [9.17, 15) is 0 Å². The van der Waals surface area contributed by atoms with Crippen molar-refractivity contribution in [2.75, 3.05) is 18.1 Å². The number of thioether (sulfide) groups is 1. The van der Waals surface area contributed by atoms with Crippen LogP contribution < -0.4 is 5.32 Å². The lowest BCUT2D eigenvalue weighted by molar-refractivity contribution is 0.202. The molecule has 15 heavy (non-hydrogen) atoms.